The summed E-state index contributed by atoms with van der Waals surface area (Å²) in [5.74, 6) is 1.61. The van der Waals surface area contributed by atoms with Gasteiger partial charge in [0, 0.05) is 30.7 Å². The number of hydrogen-bond donors (Lipinski definition) is 2. The van der Waals surface area contributed by atoms with Crippen molar-refractivity contribution in [2.45, 2.75) is 50.6 Å². The van der Waals surface area contributed by atoms with Gasteiger partial charge in [-0.3, -0.25) is 0 Å². The Hall–Kier alpha value is -3.16. The second-order valence-corrected chi connectivity index (χ2v) is 8.24. The number of rotatable bonds is 4. The topological polar surface area (TPSA) is 87.5 Å². The fourth-order valence-corrected chi connectivity index (χ4v) is 4.50. The van der Waals surface area contributed by atoms with Gasteiger partial charge in [-0.1, -0.05) is 43.2 Å². The lowest BCUT2D eigenvalue weighted by Crippen LogP contribution is -2.52. The largest absolute Gasteiger partial charge is 0.353 e. The molecule has 0 radical (unpaired) electrons. The SMILES string of the molecule is O=C(NC1CCCC1)NC1CCCN(c2ccc3nnc(-c4ccccc4)n3n2)C1. The van der Waals surface area contributed by atoms with Crippen LogP contribution in [-0.4, -0.2) is 51.0 Å². The Morgan fingerprint density at radius 3 is 2.50 bits per heavy atom. The van der Waals surface area contributed by atoms with Crippen LogP contribution < -0.4 is 15.5 Å². The van der Waals surface area contributed by atoms with Gasteiger partial charge in [-0.05, 0) is 37.8 Å². The van der Waals surface area contributed by atoms with Crippen LogP contribution in [0.15, 0.2) is 42.5 Å². The fourth-order valence-electron chi connectivity index (χ4n) is 4.50. The predicted molar refractivity (Wildman–Crippen MR) is 115 cm³/mol. The number of urea groups is 1. The van der Waals surface area contributed by atoms with Gasteiger partial charge < -0.3 is 15.5 Å². The number of piperidine rings is 1. The number of benzene rings is 1. The maximum Gasteiger partial charge on any atom is 0.315 e. The minimum absolute atomic E-state index is 0.0395. The molecule has 2 aromatic heterocycles. The normalized spacial score (nSPS) is 19.9. The molecule has 2 amide bonds. The molecule has 2 aliphatic rings. The third kappa shape index (κ3) is 3.94. The van der Waals surface area contributed by atoms with Crippen molar-refractivity contribution in [1.82, 2.24) is 30.4 Å². The highest BCUT2D eigenvalue weighted by Gasteiger charge is 2.24. The molecule has 1 aliphatic heterocycles. The first-order chi connectivity index (χ1) is 14.8. The quantitative estimate of drug-likeness (QED) is 0.697. The number of carbonyl (C=O) groups is 1. The molecule has 3 heterocycles. The van der Waals surface area contributed by atoms with Gasteiger partial charge in [0.25, 0.3) is 0 Å². The van der Waals surface area contributed by atoms with Crippen LogP contribution in [0.4, 0.5) is 10.6 Å². The summed E-state index contributed by atoms with van der Waals surface area (Å²) in [5, 5.41) is 19.7. The zero-order valence-electron chi connectivity index (χ0n) is 17.0. The van der Waals surface area contributed by atoms with E-state index in [2.05, 4.69) is 25.7 Å². The molecule has 8 heteroatoms. The molecule has 1 saturated heterocycles. The second-order valence-electron chi connectivity index (χ2n) is 8.24. The van der Waals surface area contributed by atoms with Crippen molar-refractivity contribution in [2.75, 3.05) is 18.0 Å². The van der Waals surface area contributed by atoms with Crippen LogP contribution in [0.5, 0.6) is 0 Å². The van der Waals surface area contributed by atoms with E-state index in [1.54, 1.807) is 4.52 Å². The minimum atomic E-state index is -0.0395. The van der Waals surface area contributed by atoms with Gasteiger partial charge in [0.05, 0.1) is 0 Å². The summed E-state index contributed by atoms with van der Waals surface area (Å²) in [5.41, 5.74) is 1.71. The highest BCUT2D eigenvalue weighted by atomic mass is 16.2. The van der Waals surface area contributed by atoms with E-state index in [-0.39, 0.29) is 12.1 Å². The third-order valence-corrected chi connectivity index (χ3v) is 6.05. The summed E-state index contributed by atoms with van der Waals surface area (Å²) in [6.07, 6.45) is 6.61. The number of hydrogen-bond acceptors (Lipinski definition) is 5. The molecule has 1 saturated carbocycles. The molecule has 3 aromatic rings. The highest BCUT2D eigenvalue weighted by molar-refractivity contribution is 5.74. The summed E-state index contributed by atoms with van der Waals surface area (Å²) in [7, 11) is 0. The molecule has 1 aliphatic carbocycles. The lowest BCUT2D eigenvalue weighted by molar-refractivity contribution is 0.231. The second kappa shape index (κ2) is 8.30. The third-order valence-electron chi connectivity index (χ3n) is 6.05. The van der Waals surface area contributed by atoms with Crippen LogP contribution >= 0.6 is 0 Å². The highest BCUT2D eigenvalue weighted by Crippen LogP contribution is 2.22. The summed E-state index contributed by atoms with van der Waals surface area (Å²) < 4.78 is 1.80. The Morgan fingerprint density at radius 2 is 1.67 bits per heavy atom. The number of anilines is 1. The molecule has 1 atom stereocenters. The Bertz CT molecular complexity index is 1010. The van der Waals surface area contributed by atoms with Gasteiger partial charge in [-0.15, -0.1) is 15.3 Å². The van der Waals surface area contributed by atoms with E-state index in [4.69, 9.17) is 5.10 Å². The van der Waals surface area contributed by atoms with E-state index < -0.39 is 0 Å². The van der Waals surface area contributed by atoms with Crippen molar-refractivity contribution in [3.63, 3.8) is 0 Å². The Morgan fingerprint density at radius 1 is 0.900 bits per heavy atom. The molecule has 2 fully saturated rings. The maximum absolute atomic E-state index is 12.4. The first-order valence-corrected chi connectivity index (χ1v) is 10.9. The van der Waals surface area contributed by atoms with E-state index in [9.17, 15) is 4.79 Å². The fraction of sp³-hybridized carbons (Fsp3) is 0.455. The number of aromatic nitrogens is 4. The van der Waals surface area contributed by atoms with Crippen LogP contribution in [0.2, 0.25) is 0 Å². The van der Waals surface area contributed by atoms with Crippen LogP contribution in [-0.2, 0) is 0 Å². The van der Waals surface area contributed by atoms with Gasteiger partial charge in [0.2, 0.25) is 0 Å². The van der Waals surface area contributed by atoms with Gasteiger partial charge in [-0.2, -0.15) is 4.52 Å². The van der Waals surface area contributed by atoms with Crippen LogP contribution in [0.25, 0.3) is 17.0 Å². The number of fused-ring (bicyclic) bond motifs is 1. The summed E-state index contributed by atoms with van der Waals surface area (Å²) in [4.78, 5) is 14.6. The molecular weight excluding hydrogens is 378 g/mol. The number of nitrogens with one attached hydrogen (secondary N) is 2. The molecule has 1 unspecified atom stereocenters. The minimum Gasteiger partial charge on any atom is -0.353 e. The number of carbonyl (C=O) groups excluding carboxylic acids is 1. The Balaban J connectivity index is 1.30. The summed E-state index contributed by atoms with van der Waals surface area (Å²) in [6.45, 7) is 1.67. The zero-order chi connectivity index (χ0) is 20.3. The van der Waals surface area contributed by atoms with E-state index in [1.165, 1.54) is 12.8 Å². The molecule has 2 N–H and O–H groups in total. The molecule has 156 valence electrons. The van der Waals surface area contributed by atoms with E-state index in [0.717, 1.165) is 61.6 Å². The molecule has 1 aromatic carbocycles. The summed E-state index contributed by atoms with van der Waals surface area (Å²) in [6, 6.07) is 14.3. The van der Waals surface area contributed by atoms with Crippen molar-refractivity contribution in [2.24, 2.45) is 0 Å². The van der Waals surface area contributed by atoms with Crippen molar-refractivity contribution in [1.29, 1.82) is 0 Å². The molecule has 5 rings (SSSR count). The molecular formula is C22H27N7O. The van der Waals surface area contributed by atoms with E-state index >= 15 is 0 Å². The van der Waals surface area contributed by atoms with Gasteiger partial charge in [-0.25, -0.2) is 4.79 Å². The standard InChI is InChI=1S/C22H27N7O/c30-22(23-17-9-4-5-10-17)24-18-11-6-14-28(15-18)20-13-12-19-25-26-21(29(19)27-20)16-7-2-1-3-8-16/h1-3,7-8,12-13,17-18H,4-6,9-11,14-15H2,(H2,23,24,30). The molecule has 8 nitrogen and oxygen atoms in total. The van der Waals surface area contributed by atoms with Crippen molar-refractivity contribution in [3.05, 3.63) is 42.5 Å². The summed E-state index contributed by atoms with van der Waals surface area (Å²) >= 11 is 0. The van der Waals surface area contributed by atoms with Crippen molar-refractivity contribution < 1.29 is 4.79 Å². The zero-order valence-corrected chi connectivity index (χ0v) is 17.0. The lowest BCUT2D eigenvalue weighted by Gasteiger charge is -2.34. The van der Waals surface area contributed by atoms with Crippen molar-refractivity contribution in [3.8, 4) is 11.4 Å². The average molecular weight is 406 g/mol. The van der Waals surface area contributed by atoms with E-state index in [1.807, 2.05) is 42.5 Å². The van der Waals surface area contributed by atoms with Gasteiger partial charge in [0.15, 0.2) is 11.5 Å². The number of nitrogens with zero attached hydrogens (tertiary/aromatic N) is 5. The molecule has 0 bridgehead atoms. The first kappa shape index (κ1) is 18.8. The average Bonchev–Trinajstić information content (AvgIpc) is 3.43. The lowest BCUT2D eigenvalue weighted by atomic mass is 10.1. The molecule has 30 heavy (non-hydrogen) atoms. The monoisotopic (exact) mass is 405 g/mol. The van der Waals surface area contributed by atoms with Crippen LogP contribution in [0.3, 0.4) is 0 Å². The molecule has 0 spiro atoms. The van der Waals surface area contributed by atoms with Gasteiger partial charge in [0.1, 0.15) is 5.82 Å². The van der Waals surface area contributed by atoms with E-state index in [0.29, 0.717) is 6.04 Å². The predicted octanol–water partition coefficient (Wildman–Crippen LogP) is 3.00. The number of amides is 2. The van der Waals surface area contributed by atoms with Crippen LogP contribution in [0.1, 0.15) is 38.5 Å². The smallest absolute Gasteiger partial charge is 0.315 e. The van der Waals surface area contributed by atoms with Crippen LogP contribution in [0, 0.1) is 0 Å². The van der Waals surface area contributed by atoms with Crippen molar-refractivity contribution >= 4 is 17.5 Å². The Labute approximate surface area is 175 Å². The first-order valence-electron chi connectivity index (χ1n) is 10.9. The van der Waals surface area contributed by atoms with Gasteiger partial charge >= 0.3 is 6.03 Å². The Kier molecular flexibility index (Phi) is 5.21. The maximum atomic E-state index is 12.4.